The average molecular weight is 556 g/mol. The molecule has 0 bridgehead atoms. The van der Waals surface area contributed by atoms with Crippen LogP contribution in [0.3, 0.4) is 0 Å². The van der Waals surface area contributed by atoms with E-state index in [0.717, 1.165) is 0 Å². The summed E-state index contributed by atoms with van der Waals surface area (Å²) in [5.41, 5.74) is -1.98. The fourth-order valence-corrected chi connectivity index (χ4v) is 2.98. The van der Waals surface area contributed by atoms with E-state index in [0.29, 0.717) is 6.42 Å². The van der Waals surface area contributed by atoms with E-state index < -0.39 is 54.9 Å². The van der Waals surface area contributed by atoms with Crippen molar-refractivity contribution in [1.29, 1.82) is 0 Å². The molecule has 0 saturated heterocycles. The second kappa shape index (κ2) is 15.2. The van der Waals surface area contributed by atoms with Crippen molar-refractivity contribution < 1.29 is 52.7 Å². The first-order valence-electron chi connectivity index (χ1n) is 12.9. The van der Waals surface area contributed by atoms with Crippen molar-refractivity contribution in [2.75, 3.05) is 0 Å². The molecule has 0 aliphatic rings. The molecule has 1 rings (SSSR count). The Morgan fingerprint density at radius 2 is 1.36 bits per heavy atom. The van der Waals surface area contributed by atoms with E-state index in [1.54, 1.807) is 41.5 Å². The van der Waals surface area contributed by atoms with Gasteiger partial charge in [-0.1, -0.05) is 26.8 Å². The summed E-state index contributed by atoms with van der Waals surface area (Å²) in [5, 5.41) is 13.1. The minimum absolute atomic E-state index is 0.0282. The van der Waals surface area contributed by atoms with Gasteiger partial charge in [0.05, 0.1) is 12.2 Å². The van der Waals surface area contributed by atoms with Crippen LogP contribution in [0.2, 0.25) is 0 Å². The molecule has 0 aliphatic carbocycles. The first-order valence-corrected chi connectivity index (χ1v) is 12.9. The van der Waals surface area contributed by atoms with Crippen molar-refractivity contribution in [3.05, 3.63) is 23.8 Å². The summed E-state index contributed by atoms with van der Waals surface area (Å²) in [5.74, 6) is -1.91. The Bertz CT molecular complexity index is 992. The van der Waals surface area contributed by atoms with Crippen LogP contribution in [-0.4, -0.2) is 59.6 Å². The second-order valence-electron chi connectivity index (χ2n) is 10.0. The molecule has 0 amide bonds. The Hall–Kier alpha value is -3.54. The van der Waals surface area contributed by atoms with Crippen LogP contribution in [0.25, 0.3) is 0 Å². The first kappa shape index (κ1) is 33.5. The van der Waals surface area contributed by atoms with E-state index in [-0.39, 0.29) is 29.0 Å². The van der Waals surface area contributed by atoms with E-state index >= 15 is 0 Å². The fraction of sp³-hybridized carbons (Fsp3) is 0.630. The number of hydrogen-bond acceptors (Lipinski definition) is 11. The number of carbonyl (C=O) groups is 4. The highest BCUT2D eigenvalue weighted by molar-refractivity contribution is 5.80. The number of benzene rings is 1. The number of hydrogen-bond donors (Lipinski definition) is 2. The van der Waals surface area contributed by atoms with Gasteiger partial charge in [-0.15, -0.1) is 0 Å². The summed E-state index contributed by atoms with van der Waals surface area (Å²) in [6, 6.07) is 3.63. The number of ether oxygens (including phenoxy) is 6. The number of rotatable bonds is 13. The summed E-state index contributed by atoms with van der Waals surface area (Å²) >= 11 is 0. The van der Waals surface area contributed by atoms with Gasteiger partial charge in [-0.05, 0) is 71.6 Å². The van der Waals surface area contributed by atoms with Crippen LogP contribution in [0, 0.1) is 5.92 Å². The van der Waals surface area contributed by atoms with E-state index in [4.69, 9.17) is 28.4 Å². The summed E-state index contributed by atoms with van der Waals surface area (Å²) in [7, 11) is 0. The first-order chi connectivity index (χ1) is 18.1. The highest BCUT2D eigenvalue weighted by atomic mass is 16.8. The molecule has 2 unspecified atom stereocenters. The fourth-order valence-electron chi connectivity index (χ4n) is 2.98. The quantitative estimate of drug-likeness (QED) is 0.138. The average Bonchev–Trinajstić information content (AvgIpc) is 2.79. The maximum Gasteiger partial charge on any atom is 0.514 e. The summed E-state index contributed by atoms with van der Waals surface area (Å²) in [4.78, 5) is 49.5. The predicted octanol–water partition coefficient (Wildman–Crippen LogP) is 5.44. The normalized spacial score (nSPS) is 14.3. The molecule has 2 N–H and O–H groups in total. The van der Waals surface area contributed by atoms with Crippen LogP contribution in [0.1, 0.15) is 74.3 Å². The van der Waals surface area contributed by atoms with E-state index in [1.165, 1.54) is 18.2 Å². The summed E-state index contributed by atoms with van der Waals surface area (Å²) in [6.45, 7) is 15.4. The van der Waals surface area contributed by atoms with Gasteiger partial charge >= 0.3 is 24.4 Å². The third-order valence-electron chi connectivity index (χ3n) is 5.43. The number of nitrogens with one attached hydrogen (secondary N) is 1. The number of carbonyl (C=O) groups excluding carboxylic acids is 3. The van der Waals surface area contributed by atoms with Gasteiger partial charge < -0.3 is 33.5 Å². The molecule has 0 heterocycles. The van der Waals surface area contributed by atoms with Gasteiger partial charge in [0.2, 0.25) is 0 Å². The van der Waals surface area contributed by atoms with Gasteiger partial charge in [0, 0.05) is 12.5 Å². The molecule has 0 fully saturated rings. The van der Waals surface area contributed by atoms with Gasteiger partial charge in [-0.2, -0.15) is 0 Å². The molecular formula is C27H41NO11. The monoisotopic (exact) mass is 555 g/mol. The molecule has 220 valence electrons. The topological polar surface area (TPSA) is 156 Å². The Kier molecular flexibility index (Phi) is 13.0. The van der Waals surface area contributed by atoms with Crippen LogP contribution >= 0.6 is 0 Å². The number of aliphatic carboxylic acids is 1. The SMILES string of the molecule is CCC(C)N[C@@](Cc1ccc(OC(=O)OC(C)C)c(OC(=O)OC(C)C)c1)(OC(=O)OC(C)C(C)C)C(=O)O. The van der Waals surface area contributed by atoms with Gasteiger partial charge in [0.1, 0.15) is 6.10 Å². The lowest BCUT2D eigenvalue weighted by molar-refractivity contribution is -0.168. The molecule has 12 heteroatoms. The van der Waals surface area contributed by atoms with Gasteiger partial charge in [0.15, 0.2) is 11.5 Å². The minimum Gasteiger partial charge on any atom is -0.477 e. The smallest absolute Gasteiger partial charge is 0.477 e. The lowest BCUT2D eigenvalue weighted by Gasteiger charge is -2.33. The van der Waals surface area contributed by atoms with Gasteiger partial charge in [0.25, 0.3) is 5.72 Å². The maximum atomic E-state index is 12.6. The van der Waals surface area contributed by atoms with E-state index in [1.807, 2.05) is 20.8 Å². The molecule has 0 saturated carbocycles. The van der Waals surface area contributed by atoms with Crippen LogP contribution in [0.4, 0.5) is 14.4 Å². The molecule has 0 aromatic heterocycles. The second-order valence-corrected chi connectivity index (χ2v) is 10.0. The molecule has 0 spiro atoms. The molecule has 3 atom stereocenters. The van der Waals surface area contributed by atoms with Crippen LogP contribution in [0.5, 0.6) is 11.5 Å². The van der Waals surface area contributed by atoms with Crippen LogP contribution in [0.15, 0.2) is 18.2 Å². The highest BCUT2D eigenvalue weighted by Crippen LogP contribution is 2.32. The van der Waals surface area contributed by atoms with Crippen molar-refractivity contribution in [3.8, 4) is 11.5 Å². The largest absolute Gasteiger partial charge is 0.514 e. The van der Waals surface area contributed by atoms with Gasteiger partial charge in [-0.3, -0.25) is 5.32 Å². The number of carboxylic acids is 1. The minimum atomic E-state index is -2.24. The Morgan fingerprint density at radius 3 is 1.82 bits per heavy atom. The van der Waals surface area contributed by atoms with E-state index in [2.05, 4.69) is 5.32 Å². The Morgan fingerprint density at radius 1 is 0.821 bits per heavy atom. The summed E-state index contributed by atoms with van der Waals surface area (Å²) in [6.07, 6.45) is -4.64. The van der Waals surface area contributed by atoms with Crippen LogP contribution < -0.4 is 14.8 Å². The molecule has 0 aliphatic heterocycles. The molecule has 1 aromatic carbocycles. The van der Waals surface area contributed by atoms with Crippen molar-refractivity contribution >= 4 is 24.4 Å². The number of carboxylic acid groups (broad SMARTS) is 1. The van der Waals surface area contributed by atoms with Crippen molar-refractivity contribution in [2.45, 2.75) is 105 Å². The maximum absolute atomic E-state index is 12.6. The van der Waals surface area contributed by atoms with Crippen molar-refractivity contribution in [2.24, 2.45) is 5.92 Å². The third-order valence-corrected chi connectivity index (χ3v) is 5.43. The lowest BCUT2D eigenvalue weighted by atomic mass is 10.00. The van der Waals surface area contributed by atoms with E-state index in [9.17, 15) is 24.3 Å². The van der Waals surface area contributed by atoms with Crippen molar-refractivity contribution in [1.82, 2.24) is 5.32 Å². The standard InChI is InChI=1S/C27H41NO11/c1-10-18(8)28-27(23(29)30,39-26(33)36-19(9)15(2)3)14-20-11-12-21(37-24(31)34-16(4)5)22(13-20)38-25(32)35-17(6)7/h11-13,15-19,28H,10,14H2,1-9H3,(H,29,30)/t18?,19?,27-/m0/s1. The zero-order valence-electron chi connectivity index (χ0n) is 24.1. The molecular weight excluding hydrogens is 514 g/mol. The highest BCUT2D eigenvalue weighted by Gasteiger charge is 2.45. The Balaban J connectivity index is 3.46. The van der Waals surface area contributed by atoms with Crippen LogP contribution in [-0.2, 0) is 30.2 Å². The van der Waals surface area contributed by atoms with Gasteiger partial charge in [-0.25, -0.2) is 19.2 Å². The van der Waals surface area contributed by atoms with Crippen molar-refractivity contribution in [3.63, 3.8) is 0 Å². The molecule has 1 aromatic rings. The molecule has 12 nitrogen and oxygen atoms in total. The molecule has 39 heavy (non-hydrogen) atoms. The molecule has 0 radical (unpaired) electrons. The lowest BCUT2D eigenvalue weighted by Crippen LogP contribution is -2.59. The Labute approximate surface area is 229 Å². The zero-order chi connectivity index (χ0) is 29.9. The zero-order valence-corrected chi connectivity index (χ0v) is 24.1. The predicted molar refractivity (Wildman–Crippen MR) is 140 cm³/mol. The summed E-state index contributed by atoms with van der Waals surface area (Å²) < 4.78 is 31.1. The third kappa shape index (κ3) is 11.4.